The number of hydrogen-bond acceptors (Lipinski definition) is 3. The van der Waals surface area contributed by atoms with Gasteiger partial charge in [0.15, 0.2) is 0 Å². The zero-order chi connectivity index (χ0) is 17.5. The Balaban J connectivity index is 1.42. The van der Waals surface area contributed by atoms with E-state index in [1.165, 1.54) is 25.7 Å². The number of hydrogen-bond donors (Lipinski definition) is 3. The lowest BCUT2D eigenvalue weighted by Crippen LogP contribution is -2.35. The van der Waals surface area contributed by atoms with Gasteiger partial charge in [-0.3, -0.25) is 4.79 Å². The number of likely N-dealkylation sites (tertiary alicyclic amines) is 1. The molecule has 0 bridgehead atoms. The van der Waals surface area contributed by atoms with E-state index in [-0.39, 0.29) is 11.9 Å². The smallest absolute Gasteiger partial charge is 0.321 e. The molecular weight excluding hydrogens is 316 g/mol. The Bertz CT molecular complexity index is 576. The minimum Gasteiger partial charge on any atom is -0.325 e. The molecule has 1 saturated heterocycles. The standard InChI is InChI=1S/C19H28N4O2/c24-18(14-20-13-15-5-6-15)21-16-7-9-17(10-8-16)22-19(25)23-11-3-1-2-4-12-23/h7-10,15,20H,1-6,11-14H2,(H,21,24)(H,22,25). The van der Waals surface area contributed by atoms with Crippen LogP contribution in [0.25, 0.3) is 0 Å². The van der Waals surface area contributed by atoms with Crippen molar-refractivity contribution in [2.45, 2.75) is 38.5 Å². The lowest BCUT2D eigenvalue weighted by molar-refractivity contribution is -0.115. The Kier molecular flexibility index (Phi) is 6.28. The third-order valence-electron chi connectivity index (χ3n) is 4.73. The van der Waals surface area contributed by atoms with Crippen LogP contribution in [0.2, 0.25) is 0 Å². The summed E-state index contributed by atoms with van der Waals surface area (Å²) in [6.07, 6.45) is 7.11. The van der Waals surface area contributed by atoms with E-state index in [4.69, 9.17) is 0 Å². The van der Waals surface area contributed by atoms with Crippen LogP contribution in [-0.4, -0.2) is 43.0 Å². The Hall–Kier alpha value is -2.08. The first-order valence-electron chi connectivity index (χ1n) is 9.37. The number of anilines is 2. The molecule has 0 aromatic heterocycles. The fourth-order valence-corrected chi connectivity index (χ4v) is 3.03. The molecule has 3 rings (SSSR count). The fourth-order valence-electron chi connectivity index (χ4n) is 3.03. The molecule has 3 N–H and O–H groups in total. The van der Waals surface area contributed by atoms with E-state index in [0.717, 1.165) is 49.8 Å². The van der Waals surface area contributed by atoms with Crippen LogP contribution in [0.1, 0.15) is 38.5 Å². The van der Waals surface area contributed by atoms with Crippen molar-refractivity contribution < 1.29 is 9.59 Å². The van der Waals surface area contributed by atoms with Crippen LogP contribution in [0.4, 0.5) is 16.2 Å². The number of benzene rings is 1. The molecule has 1 aliphatic heterocycles. The van der Waals surface area contributed by atoms with Crippen molar-refractivity contribution in [1.82, 2.24) is 10.2 Å². The third-order valence-corrected chi connectivity index (χ3v) is 4.73. The summed E-state index contributed by atoms with van der Waals surface area (Å²) in [5, 5.41) is 8.97. The summed E-state index contributed by atoms with van der Waals surface area (Å²) < 4.78 is 0. The minimum atomic E-state index is -0.0398. The first-order valence-corrected chi connectivity index (χ1v) is 9.37. The molecule has 2 aliphatic rings. The predicted octanol–water partition coefficient (Wildman–Crippen LogP) is 3.03. The van der Waals surface area contributed by atoms with E-state index >= 15 is 0 Å². The second-order valence-corrected chi connectivity index (χ2v) is 7.03. The van der Waals surface area contributed by atoms with E-state index in [9.17, 15) is 9.59 Å². The van der Waals surface area contributed by atoms with Gasteiger partial charge in [-0.15, -0.1) is 0 Å². The van der Waals surface area contributed by atoms with Gasteiger partial charge in [0.05, 0.1) is 6.54 Å². The number of carbonyl (C=O) groups excluding carboxylic acids is 2. The maximum Gasteiger partial charge on any atom is 0.321 e. The van der Waals surface area contributed by atoms with Gasteiger partial charge in [0, 0.05) is 24.5 Å². The van der Waals surface area contributed by atoms with Gasteiger partial charge in [0.1, 0.15) is 0 Å². The van der Waals surface area contributed by atoms with Crippen molar-refractivity contribution in [3.8, 4) is 0 Å². The molecule has 1 heterocycles. The van der Waals surface area contributed by atoms with E-state index in [0.29, 0.717) is 6.54 Å². The van der Waals surface area contributed by atoms with E-state index in [2.05, 4.69) is 16.0 Å². The summed E-state index contributed by atoms with van der Waals surface area (Å²) in [4.78, 5) is 26.0. The van der Waals surface area contributed by atoms with Crippen LogP contribution in [0.5, 0.6) is 0 Å². The Morgan fingerprint density at radius 1 is 0.920 bits per heavy atom. The predicted molar refractivity (Wildman–Crippen MR) is 99.7 cm³/mol. The van der Waals surface area contributed by atoms with E-state index < -0.39 is 0 Å². The second-order valence-electron chi connectivity index (χ2n) is 7.03. The molecule has 6 nitrogen and oxygen atoms in total. The second kappa shape index (κ2) is 8.85. The minimum absolute atomic E-state index is 0.0389. The van der Waals surface area contributed by atoms with Crippen LogP contribution >= 0.6 is 0 Å². The highest BCUT2D eigenvalue weighted by Crippen LogP contribution is 2.27. The highest BCUT2D eigenvalue weighted by Gasteiger charge is 2.20. The highest BCUT2D eigenvalue weighted by atomic mass is 16.2. The van der Waals surface area contributed by atoms with Crippen molar-refractivity contribution in [3.63, 3.8) is 0 Å². The number of rotatable bonds is 6. The summed E-state index contributed by atoms with van der Waals surface area (Å²) >= 11 is 0. The lowest BCUT2D eigenvalue weighted by Gasteiger charge is -2.20. The molecule has 1 aromatic rings. The summed E-state index contributed by atoms with van der Waals surface area (Å²) in [7, 11) is 0. The summed E-state index contributed by atoms with van der Waals surface area (Å²) in [6.45, 7) is 2.92. The van der Waals surface area contributed by atoms with Gasteiger partial charge in [-0.2, -0.15) is 0 Å². The number of nitrogens with one attached hydrogen (secondary N) is 3. The van der Waals surface area contributed by atoms with Gasteiger partial charge in [0.2, 0.25) is 5.91 Å². The SMILES string of the molecule is O=C(CNCC1CC1)Nc1ccc(NC(=O)N2CCCCCC2)cc1. The third kappa shape index (κ3) is 6.05. The molecule has 136 valence electrons. The molecule has 0 radical (unpaired) electrons. The Labute approximate surface area is 149 Å². The molecule has 6 heteroatoms. The quantitative estimate of drug-likeness (QED) is 0.743. The molecule has 1 aromatic carbocycles. The number of amides is 3. The van der Waals surface area contributed by atoms with Gasteiger partial charge in [-0.25, -0.2) is 4.79 Å². The Morgan fingerprint density at radius 3 is 2.12 bits per heavy atom. The Morgan fingerprint density at radius 2 is 1.52 bits per heavy atom. The molecule has 2 fully saturated rings. The topological polar surface area (TPSA) is 73.5 Å². The van der Waals surface area contributed by atoms with Gasteiger partial charge in [-0.05, 0) is 62.4 Å². The molecule has 0 atom stereocenters. The maximum absolute atomic E-state index is 12.3. The van der Waals surface area contributed by atoms with Crippen molar-refractivity contribution >= 4 is 23.3 Å². The van der Waals surface area contributed by atoms with E-state index in [1.54, 1.807) is 0 Å². The average molecular weight is 344 g/mol. The number of carbonyl (C=O) groups is 2. The van der Waals surface area contributed by atoms with Gasteiger partial charge < -0.3 is 20.9 Å². The van der Waals surface area contributed by atoms with Crippen molar-refractivity contribution in [2.24, 2.45) is 5.92 Å². The van der Waals surface area contributed by atoms with Crippen LogP contribution in [-0.2, 0) is 4.79 Å². The molecule has 3 amide bonds. The molecular formula is C19H28N4O2. The largest absolute Gasteiger partial charge is 0.325 e. The lowest BCUT2D eigenvalue weighted by atomic mass is 10.2. The highest BCUT2D eigenvalue weighted by molar-refractivity contribution is 5.93. The molecule has 1 saturated carbocycles. The van der Waals surface area contributed by atoms with Gasteiger partial charge in [0.25, 0.3) is 0 Å². The normalized spacial score (nSPS) is 17.7. The van der Waals surface area contributed by atoms with Crippen molar-refractivity contribution in [1.29, 1.82) is 0 Å². The first-order chi connectivity index (χ1) is 12.2. The van der Waals surface area contributed by atoms with Crippen LogP contribution in [0, 0.1) is 5.92 Å². The molecule has 1 aliphatic carbocycles. The van der Waals surface area contributed by atoms with Gasteiger partial charge >= 0.3 is 6.03 Å². The number of urea groups is 1. The molecule has 0 unspecified atom stereocenters. The van der Waals surface area contributed by atoms with E-state index in [1.807, 2.05) is 29.2 Å². The van der Waals surface area contributed by atoms with Crippen molar-refractivity contribution in [2.75, 3.05) is 36.8 Å². The van der Waals surface area contributed by atoms with Crippen LogP contribution in [0.3, 0.4) is 0 Å². The molecule has 25 heavy (non-hydrogen) atoms. The van der Waals surface area contributed by atoms with Gasteiger partial charge in [-0.1, -0.05) is 12.8 Å². The monoisotopic (exact) mass is 344 g/mol. The fraction of sp³-hybridized carbons (Fsp3) is 0.579. The van der Waals surface area contributed by atoms with Crippen LogP contribution < -0.4 is 16.0 Å². The maximum atomic E-state index is 12.3. The summed E-state index contributed by atoms with van der Waals surface area (Å²) in [5.41, 5.74) is 1.49. The number of nitrogens with zero attached hydrogens (tertiary/aromatic N) is 1. The van der Waals surface area contributed by atoms with Crippen LogP contribution in [0.15, 0.2) is 24.3 Å². The van der Waals surface area contributed by atoms with Crippen molar-refractivity contribution in [3.05, 3.63) is 24.3 Å². The zero-order valence-electron chi connectivity index (χ0n) is 14.7. The average Bonchev–Trinajstić information content (AvgIpc) is 3.43. The molecule has 0 spiro atoms. The summed E-state index contributed by atoms with van der Waals surface area (Å²) in [5.74, 6) is 0.724. The first kappa shape index (κ1) is 17.7. The summed E-state index contributed by atoms with van der Waals surface area (Å²) in [6, 6.07) is 7.24. The zero-order valence-corrected chi connectivity index (χ0v) is 14.7.